The van der Waals surface area contributed by atoms with Crippen LogP contribution in [0.4, 0.5) is 0 Å². The SMILES string of the molecule is CCCN1CC(=O)N(C)[C@@H](CC(C)C)C(=O)N[C@@H](COCC(C)(C)O)C(=O)N(C)[C@@H](Cc2ccccc2)C(=O)N(C)[C@@H](CC(C)C)C(=O)N[C@H](C(=O)N2CCCCC2)CC(=O)N[C@H](C(C)C)C(=O)N(C)[C@@H](Cc2ccccc2)C(=O)N[C@@H](CC(C)C)C(=O)N(C)[C@@H](CC(C)C)C(=O)N[C@@H]([C@@H](C)O)C1=O. The van der Waals surface area contributed by atoms with E-state index in [1.54, 1.807) is 86.3 Å². The minimum atomic E-state index is -1.67. The normalized spacial score (nSPS) is 24.7. The third-order valence-corrected chi connectivity index (χ3v) is 19.0. The van der Waals surface area contributed by atoms with Crippen LogP contribution in [0.3, 0.4) is 0 Å². The highest BCUT2D eigenvalue weighted by Crippen LogP contribution is 2.24. The third kappa shape index (κ3) is 26.8. The Labute approximate surface area is 617 Å². The van der Waals surface area contributed by atoms with Gasteiger partial charge in [0.05, 0.1) is 37.9 Å². The number of amides is 12. The van der Waals surface area contributed by atoms with Crippen molar-refractivity contribution in [1.29, 1.82) is 0 Å². The molecule has 2 aromatic carbocycles. The highest BCUT2D eigenvalue weighted by atomic mass is 16.5. The lowest BCUT2D eigenvalue weighted by atomic mass is 9.96. The fraction of sp³-hybridized carbons (Fsp3) is 0.688. The smallest absolute Gasteiger partial charge is 0.248 e. The number of likely N-dealkylation sites (N-methyl/N-ethyl adjacent to an activating group) is 5. The zero-order chi connectivity index (χ0) is 78.2. The molecule has 4 rings (SSSR count). The molecule has 2 aliphatic heterocycles. The van der Waals surface area contributed by atoms with E-state index in [-0.39, 0.29) is 75.3 Å². The number of hydrogen-bond donors (Lipinski definition) is 7. The van der Waals surface area contributed by atoms with Crippen molar-refractivity contribution in [2.45, 2.75) is 240 Å². The Morgan fingerprint density at radius 2 is 0.942 bits per heavy atom. The summed E-state index contributed by atoms with van der Waals surface area (Å²) in [6.07, 6.45) is 0.253. The van der Waals surface area contributed by atoms with Crippen molar-refractivity contribution >= 4 is 70.9 Å². The van der Waals surface area contributed by atoms with Crippen LogP contribution in [0.15, 0.2) is 60.7 Å². The zero-order valence-corrected chi connectivity index (χ0v) is 65.4. The van der Waals surface area contributed by atoms with Gasteiger partial charge in [0.25, 0.3) is 0 Å². The first-order chi connectivity index (χ1) is 48.7. The number of carbonyl (C=O) groups is 12. The molecule has 7 N–H and O–H groups in total. The van der Waals surface area contributed by atoms with Gasteiger partial charge in [0.2, 0.25) is 70.9 Å². The van der Waals surface area contributed by atoms with Gasteiger partial charge in [0.15, 0.2) is 0 Å². The molecule has 0 aromatic heterocycles. The van der Waals surface area contributed by atoms with Crippen molar-refractivity contribution < 1.29 is 72.5 Å². The summed E-state index contributed by atoms with van der Waals surface area (Å²) in [5.41, 5.74) is -0.159. The number of rotatable bonds is 21. The van der Waals surface area contributed by atoms with Crippen molar-refractivity contribution in [3.05, 3.63) is 71.8 Å². The maximum absolute atomic E-state index is 15.6. The van der Waals surface area contributed by atoms with Crippen LogP contribution in [-0.4, -0.2) is 262 Å². The Balaban J connectivity index is 2.03. The molecular formula is C77H124N12O15. The number of nitrogens with zero attached hydrogens (tertiary/aromatic N) is 7. The molecule has 27 heteroatoms. The number of aliphatic hydroxyl groups excluding tert-OH is 1. The Kier molecular flexibility index (Phi) is 35.3. The van der Waals surface area contributed by atoms with Gasteiger partial charge in [-0.2, -0.15) is 0 Å². The average molecular weight is 1460 g/mol. The molecule has 0 unspecified atom stereocenters. The molecule has 2 aromatic rings. The first kappa shape index (κ1) is 88.4. The molecule has 2 aliphatic rings. The Morgan fingerprint density at radius 3 is 1.42 bits per heavy atom. The van der Waals surface area contributed by atoms with E-state index in [2.05, 4.69) is 26.6 Å². The fourth-order valence-corrected chi connectivity index (χ4v) is 13.1. The van der Waals surface area contributed by atoms with Crippen molar-refractivity contribution in [2.24, 2.45) is 29.6 Å². The standard InChI is InChI=1S/C77H124N12O15/c1-20-34-89-44-64(92)83(15)58(38-48(4)5)67(93)80-57(45-104-46-77(13,14)103)72(98)87(19)62(42-54-32-26-22-27-33-54)74(100)85(17)59(39-49(6)7)68(94)79-56(73(99)88-35-28-23-29-36-88)43-63(91)81-65(51(10)11)75(101)86(18)61(41-53-30-24-21-25-31-53)69(95)78-55(37-47(2)3)71(97)84(16)60(40-50(8)9)70(96)82-66(52(12)90)76(89)102/h21-22,24-27,30-33,47-52,55-62,65-66,90,103H,20,23,28-29,34-46H2,1-19H3,(H,78,95)(H,79,94)(H,80,93)(H,81,91)(H,82,96)/t52-,55+,56+,57+,58+,59+,60+,61+,62+,65-,66+/m1/s1. The van der Waals surface area contributed by atoms with E-state index in [4.69, 9.17) is 4.74 Å². The van der Waals surface area contributed by atoms with E-state index in [1.165, 1.54) is 70.7 Å². The largest absolute Gasteiger partial charge is 0.391 e. The summed E-state index contributed by atoms with van der Waals surface area (Å²) in [4.78, 5) is 190. The summed E-state index contributed by atoms with van der Waals surface area (Å²) in [5, 5.41) is 36.3. The van der Waals surface area contributed by atoms with Crippen LogP contribution in [0.5, 0.6) is 0 Å². The molecule has 0 saturated carbocycles. The summed E-state index contributed by atoms with van der Waals surface area (Å²) in [6.45, 7) is 23.2. The maximum Gasteiger partial charge on any atom is 0.248 e. The molecule has 0 aliphatic carbocycles. The lowest BCUT2D eigenvalue weighted by molar-refractivity contribution is -0.151. The summed E-state index contributed by atoms with van der Waals surface area (Å²) >= 11 is 0. The first-order valence-corrected chi connectivity index (χ1v) is 37.2. The molecule has 2 saturated heterocycles. The van der Waals surface area contributed by atoms with E-state index in [0.717, 1.165) is 21.1 Å². The van der Waals surface area contributed by atoms with Crippen LogP contribution < -0.4 is 26.6 Å². The van der Waals surface area contributed by atoms with Gasteiger partial charge in [0, 0.05) is 67.7 Å². The third-order valence-electron chi connectivity index (χ3n) is 19.0. The van der Waals surface area contributed by atoms with E-state index >= 15 is 33.6 Å². The van der Waals surface area contributed by atoms with Gasteiger partial charge in [-0.3, -0.25) is 57.5 Å². The molecule has 2 heterocycles. The van der Waals surface area contributed by atoms with Crippen molar-refractivity contribution in [1.82, 2.24) is 60.9 Å². The minimum Gasteiger partial charge on any atom is -0.391 e. The van der Waals surface area contributed by atoms with Crippen LogP contribution in [0.1, 0.15) is 166 Å². The molecule has 104 heavy (non-hydrogen) atoms. The molecule has 0 radical (unpaired) electrons. The number of likely N-dealkylation sites (tertiary alicyclic amines) is 1. The quantitative estimate of drug-likeness (QED) is 0.0937. The number of aliphatic hydroxyl groups is 2. The molecule has 2 fully saturated rings. The molecule has 12 amide bonds. The lowest BCUT2D eigenvalue weighted by Gasteiger charge is -2.38. The van der Waals surface area contributed by atoms with Gasteiger partial charge in [-0.25, -0.2) is 0 Å². The number of ether oxygens (including phenoxy) is 1. The molecular weight excluding hydrogens is 1330 g/mol. The number of benzene rings is 2. The predicted molar refractivity (Wildman–Crippen MR) is 396 cm³/mol. The van der Waals surface area contributed by atoms with Crippen molar-refractivity contribution in [3.63, 3.8) is 0 Å². The minimum absolute atomic E-state index is 0.0331. The Bertz CT molecular complexity index is 3170. The van der Waals surface area contributed by atoms with Gasteiger partial charge in [-0.1, -0.05) is 137 Å². The number of piperidine rings is 1. The molecule has 0 bridgehead atoms. The second-order valence-electron chi connectivity index (χ2n) is 31.2. The number of nitrogens with one attached hydrogen (secondary N) is 5. The van der Waals surface area contributed by atoms with E-state index in [9.17, 15) is 34.2 Å². The lowest BCUT2D eigenvalue weighted by Crippen LogP contribution is -2.62. The van der Waals surface area contributed by atoms with Crippen molar-refractivity contribution in [2.75, 3.05) is 74.6 Å². The monoisotopic (exact) mass is 1460 g/mol. The maximum atomic E-state index is 15.6. The van der Waals surface area contributed by atoms with Crippen LogP contribution >= 0.6 is 0 Å². The second kappa shape index (κ2) is 41.6. The van der Waals surface area contributed by atoms with Gasteiger partial charge in [0.1, 0.15) is 60.4 Å². The summed E-state index contributed by atoms with van der Waals surface area (Å²) in [6, 6.07) is 3.61. The van der Waals surface area contributed by atoms with Crippen LogP contribution in [0.25, 0.3) is 0 Å². The topological polar surface area (TPSA) is 337 Å². The van der Waals surface area contributed by atoms with E-state index in [1.807, 2.05) is 55.4 Å². The van der Waals surface area contributed by atoms with Gasteiger partial charge >= 0.3 is 0 Å². The average Bonchev–Trinajstić information content (AvgIpc) is 0.816. The number of hydrogen-bond acceptors (Lipinski definition) is 15. The highest BCUT2D eigenvalue weighted by Gasteiger charge is 2.44. The van der Waals surface area contributed by atoms with Crippen molar-refractivity contribution in [3.8, 4) is 0 Å². The Morgan fingerprint density at radius 1 is 0.510 bits per heavy atom. The van der Waals surface area contributed by atoms with Gasteiger partial charge in [-0.05, 0) is 113 Å². The summed E-state index contributed by atoms with van der Waals surface area (Å²) in [7, 11) is 6.96. The van der Waals surface area contributed by atoms with E-state index < -0.39 is 168 Å². The van der Waals surface area contributed by atoms with E-state index in [0.29, 0.717) is 43.5 Å². The fourth-order valence-electron chi connectivity index (χ4n) is 13.1. The molecule has 582 valence electrons. The molecule has 0 spiro atoms. The van der Waals surface area contributed by atoms with Crippen LogP contribution in [0.2, 0.25) is 0 Å². The van der Waals surface area contributed by atoms with Crippen LogP contribution in [-0.2, 0) is 75.1 Å². The second-order valence-corrected chi connectivity index (χ2v) is 31.2. The number of carbonyl (C=O) groups excluding carboxylic acids is 12. The zero-order valence-electron chi connectivity index (χ0n) is 65.4. The summed E-state index contributed by atoms with van der Waals surface area (Å²) < 4.78 is 5.95. The van der Waals surface area contributed by atoms with Crippen LogP contribution in [0, 0.1) is 29.6 Å². The predicted octanol–water partition coefficient (Wildman–Crippen LogP) is 3.69. The van der Waals surface area contributed by atoms with Gasteiger partial charge < -0.3 is 75.8 Å². The highest BCUT2D eigenvalue weighted by molar-refractivity contribution is 6.00. The summed E-state index contributed by atoms with van der Waals surface area (Å²) in [5.74, 6) is -10.7. The molecule has 27 nitrogen and oxygen atoms in total. The Hall–Kier alpha value is -8.04. The van der Waals surface area contributed by atoms with Gasteiger partial charge in [-0.15, -0.1) is 0 Å². The molecule has 11 atom stereocenters. The first-order valence-electron chi connectivity index (χ1n) is 37.2.